The van der Waals surface area contributed by atoms with Gasteiger partial charge in [-0.05, 0) is 81.9 Å². The van der Waals surface area contributed by atoms with Gasteiger partial charge in [0.25, 0.3) is 0 Å². The lowest BCUT2D eigenvalue weighted by molar-refractivity contribution is 0.756. The van der Waals surface area contributed by atoms with Crippen molar-refractivity contribution in [3.05, 3.63) is 39.1 Å². The zero-order valence-corrected chi connectivity index (χ0v) is 13.6. The van der Waals surface area contributed by atoms with Gasteiger partial charge in [0.1, 0.15) is 0 Å². The van der Waals surface area contributed by atoms with Crippen LogP contribution in [-0.2, 0) is 0 Å². The summed E-state index contributed by atoms with van der Waals surface area (Å²) in [7, 11) is 0. The number of hydrogen-bond donors (Lipinski definition) is 1. The van der Waals surface area contributed by atoms with E-state index in [1.165, 1.54) is 50.5 Å². The van der Waals surface area contributed by atoms with Crippen LogP contribution in [0.2, 0.25) is 0 Å². The van der Waals surface area contributed by atoms with Crippen molar-refractivity contribution < 1.29 is 0 Å². The van der Waals surface area contributed by atoms with Gasteiger partial charge >= 0.3 is 0 Å². The lowest BCUT2D eigenvalue weighted by Gasteiger charge is -2.27. The van der Waals surface area contributed by atoms with Crippen molar-refractivity contribution >= 4 is 11.4 Å². The average Bonchev–Trinajstić information content (AvgIpc) is 2.81. The first-order valence-electron chi connectivity index (χ1n) is 7.44. The number of allylic oxidation sites excluding steroid dienone is 1. The number of benzene rings is 1. The Morgan fingerprint density at radius 3 is 2.05 bits per heavy atom. The Labute approximate surface area is 122 Å². The molecule has 0 radical (unpaired) electrons. The third-order valence-electron chi connectivity index (χ3n) is 5.51. The Hall–Kier alpha value is -1.57. The zero-order valence-electron chi connectivity index (χ0n) is 13.6. The van der Waals surface area contributed by atoms with Crippen LogP contribution in [0.1, 0.15) is 54.5 Å². The molecule has 1 aromatic rings. The van der Waals surface area contributed by atoms with E-state index in [4.69, 9.17) is 4.99 Å². The summed E-state index contributed by atoms with van der Waals surface area (Å²) in [6.07, 6.45) is 0. The highest BCUT2D eigenvalue weighted by Gasteiger charge is 2.40. The standard InChI is InChI=1S/C18H24N2/c1-8-9(2)11(4)17-15(10(8)3)16-12(5)13(6)19-14(7)18(16)20-17/h16,18,20H,1-7H3. The fraction of sp³-hybridized carbons (Fsp3) is 0.500. The maximum Gasteiger partial charge on any atom is 0.0750 e. The summed E-state index contributed by atoms with van der Waals surface area (Å²) in [5.74, 6) is 0.459. The minimum absolute atomic E-state index is 0.340. The molecule has 2 unspecified atom stereocenters. The molecule has 2 aliphatic heterocycles. The van der Waals surface area contributed by atoms with Crippen molar-refractivity contribution in [2.24, 2.45) is 4.99 Å². The van der Waals surface area contributed by atoms with Gasteiger partial charge in [-0.3, -0.25) is 4.99 Å². The maximum atomic E-state index is 4.73. The van der Waals surface area contributed by atoms with Crippen LogP contribution in [0.5, 0.6) is 0 Å². The molecule has 1 N–H and O–H groups in total. The zero-order chi connectivity index (χ0) is 14.8. The molecule has 0 aliphatic carbocycles. The molecule has 0 aromatic heterocycles. The Balaban J connectivity index is 2.31. The second-order valence-electron chi connectivity index (χ2n) is 6.41. The third kappa shape index (κ3) is 1.54. The van der Waals surface area contributed by atoms with E-state index in [1.807, 2.05) is 0 Å². The number of rotatable bonds is 0. The summed E-state index contributed by atoms with van der Waals surface area (Å²) < 4.78 is 0. The molecular formula is C18H24N2. The number of nitrogens with zero attached hydrogens (tertiary/aromatic N) is 1. The fourth-order valence-corrected chi connectivity index (χ4v) is 3.78. The van der Waals surface area contributed by atoms with Gasteiger partial charge in [0.2, 0.25) is 0 Å². The van der Waals surface area contributed by atoms with Gasteiger partial charge in [-0.1, -0.05) is 0 Å². The molecule has 0 saturated heterocycles. The molecule has 0 spiro atoms. The number of nitrogens with one attached hydrogen (secondary N) is 1. The highest BCUT2D eigenvalue weighted by Crippen LogP contribution is 2.48. The van der Waals surface area contributed by atoms with Crippen LogP contribution in [0.15, 0.2) is 16.3 Å². The molecular weight excluding hydrogens is 244 g/mol. The highest BCUT2D eigenvalue weighted by atomic mass is 15.0. The lowest BCUT2D eigenvalue weighted by Crippen LogP contribution is -2.32. The number of hydrogen-bond acceptors (Lipinski definition) is 2. The first-order valence-corrected chi connectivity index (χ1v) is 7.44. The van der Waals surface area contributed by atoms with E-state index >= 15 is 0 Å². The molecule has 2 nitrogen and oxygen atoms in total. The average molecular weight is 268 g/mol. The van der Waals surface area contributed by atoms with Gasteiger partial charge in [0, 0.05) is 23.0 Å². The van der Waals surface area contributed by atoms with E-state index < -0.39 is 0 Å². The summed E-state index contributed by atoms with van der Waals surface area (Å²) in [5, 5.41) is 3.75. The molecule has 0 amide bonds. The van der Waals surface area contributed by atoms with Gasteiger partial charge in [-0.2, -0.15) is 0 Å². The largest absolute Gasteiger partial charge is 0.376 e. The molecule has 20 heavy (non-hydrogen) atoms. The van der Waals surface area contributed by atoms with E-state index in [1.54, 1.807) is 0 Å². The number of aliphatic imine (C=N–C) groups is 1. The van der Waals surface area contributed by atoms with Crippen LogP contribution in [-0.4, -0.2) is 11.8 Å². The third-order valence-corrected chi connectivity index (χ3v) is 5.51. The first-order chi connectivity index (χ1) is 9.34. The van der Waals surface area contributed by atoms with Crippen LogP contribution < -0.4 is 5.32 Å². The minimum atomic E-state index is 0.340. The summed E-state index contributed by atoms with van der Waals surface area (Å²) >= 11 is 0. The van der Waals surface area contributed by atoms with Crippen LogP contribution in [0.3, 0.4) is 0 Å². The Morgan fingerprint density at radius 2 is 1.40 bits per heavy atom. The Morgan fingerprint density at radius 1 is 0.800 bits per heavy atom. The summed E-state index contributed by atoms with van der Waals surface area (Å²) in [6.45, 7) is 15.5. The molecule has 3 rings (SSSR count). The normalized spacial score (nSPS) is 24.2. The second-order valence-corrected chi connectivity index (χ2v) is 6.41. The predicted octanol–water partition coefficient (Wildman–Crippen LogP) is 4.57. The molecule has 0 fully saturated rings. The van der Waals surface area contributed by atoms with E-state index in [9.17, 15) is 0 Å². The van der Waals surface area contributed by atoms with Crippen molar-refractivity contribution in [1.82, 2.24) is 0 Å². The Bertz CT molecular complexity index is 677. The molecule has 2 heteroatoms. The quantitative estimate of drug-likeness (QED) is 0.732. The van der Waals surface area contributed by atoms with Crippen LogP contribution in [0.4, 0.5) is 5.69 Å². The van der Waals surface area contributed by atoms with Crippen molar-refractivity contribution in [2.45, 2.75) is 60.4 Å². The van der Waals surface area contributed by atoms with Gasteiger partial charge in [0.05, 0.1) is 6.04 Å². The SMILES string of the molecule is CC1=NC(C)=C(C)C2c3c(C)c(C)c(C)c(C)c3NC12. The van der Waals surface area contributed by atoms with Crippen LogP contribution >= 0.6 is 0 Å². The number of anilines is 1. The summed E-state index contributed by atoms with van der Waals surface area (Å²) in [4.78, 5) is 4.73. The van der Waals surface area contributed by atoms with Gasteiger partial charge in [-0.25, -0.2) is 0 Å². The van der Waals surface area contributed by atoms with Gasteiger partial charge in [0.15, 0.2) is 0 Å². The van der Waals surface area contributed by atoms with Crippen molar-refractivity contribution in [3.63, 3.8) is 0 Å². The van der Waals surface area contributed by atoms with E-state index in [0.29, 0.717) is 12.0 Å². The molecule has 2 heterocycles. The van der Waals surface area contributed by atoms with Crippen LogP contribution in [0, 0.1) is 27.7 Å². The second kappa shape index (κ2) is 4.21. The minimum Gasteiger partial charge on any atom is -0.376 e. The summed E-state index contributed by atoms with van der Waals surface area (Å²) in [6, 6.07) is 0.340. The van der Waals surface area contributed by atoms with Crippen molar-refractivity contribution in [3.8, 4) is 0 Å². The topological polar surface area (TPSA) is 24.4 Å². The molecule has 0 bridgehead atoms. The van der Waals surface area contributed by atoms with Crippen LogP contribution in [0.25, 0.3) is 0 Å². The van der Waals surface area contributed by atoms with Gasteiger partial charge in [-0.15, -0.1) is 0 Å². The smallest absolute Gasteiger partial charge is 0.0750 e. The number of fused-ring (bicyclic) bond motifs is 3. The fourth-order valence-electron chi connectivity index (χ4n) is 3.78. The molecule has 2 aliphatic rings. The van der Waals surface area contributed by atoms with E-state index in [0.717, 1.165) is 0 Å². The van der Waals surface area contributed by atoms with E-state index in [2.05, 4.69) is 53.8 Å². The van der Waals surface area contributed by atoms with Crippen molar-refractivity contribution in [1.29, 1.82) is 0 Å². The predicted molar refractivity (Wildman–Crippen MR) is 87.0 cm³/mol. The highest BCUT2D eigenvalue weighted by molar-refractivity contribution is 5.96. The molecule has 2 atom stereocenters. The van der Waals surface area contributed by atoms with E-state index in [-0.39, 0.29) is 0 Å². The summed E-state index contributed by atoms with van der Waals surface area (Å²) in [5.41, 5.74) is 12.4. The molecule has 106 valence electrons. The Kier molecular flexibility index (Phi) is 2.82. The molecule has 0 saturated carbocycles. The molecule has 1 aromatic carbocycles. The van der Waals surface area contributed by atoms with Gasteiger partial charge < -0.3 is 5.32 Å². The lowest BCUT2D eigenvalue weighted by atomic mass is 9.80. The first kappa shape index (κ1) is 13.4. The maximum absolute atomic E-state index is 4.73. The monoisotopic (exact) mass is 268 g/mol. The van der Waals surface area contributed by atoms with Crippen molar-refractivity contribution in [2.75, 3.05) is 5.32 Å².